The van der Waals surface area contributed by atoms with Crippen LogP contribution in [0.5, 0.6) is 0 Å². The zero-order valence-corrected chi connectivity index (χ0v) is 13.0. The molecule has 6 heteroatoms. The number of aromatic nitrogens is 2. The second-order valence-electron chi connectivity index (χ2n) is 4.13. The molecule has 0 unspecified atom stereocenters. The van der Waals surface area contributed by atoms with E-state index in [2.05, 4.69) is 25.9 Å². The van der Waals surface area contributed by atoms with Gasteiger partial charge in [0.25, 0.3) is 0 Å². The first-order valence-corrected chi connectivity index (χ1v) is 7.18. The Morgan fingerprint density at radius 2 is 1.80 bits per heavy atom. The van der Waals surface area contributed by atoms with Crippen molar-refractivity contribution in [1.82, 2.24) is 9.97 Å². The zero-order valence-electron chi connectivity index (χ0n) is 9.87. The minimum atomic E-state index is -0.514. The molecular weight excluding hydrogens is 366 g/mol. The molecule has 0 spiro atoms. The molecule has 0 N–H and O–H groups in total. The largest absolute Gasteiger partial charge is 0.228 e. The van der Waals surface area contributed by atoms with Gasteiger partial charge in [0.05, 0.1) is 10.5 Å². The molecule has 3 aromatic rings. The minimum Gasteiger partial charge on any atom is -0.228 e. The highest BCUT2D eigenvalue weighted by Gasteiger charge is 2.10. The molecule has 0 aliphatic heterocycles. The lowest BCUT2D eigenvalue weighted by atomic mass is 10.2. The van der Waals surface area contributed by atoms with Crippen molar-refractivity contribution in [2.24, 2.45) is 0 Å². The first-order chi connectivity index (χ1) is 9.54. The van der Waals surface area contributed by atoms with Crippen LogP contribution in [0.25, 0.3) is 22.3 Å². The third kappa shape index (κ3) is 2.51. The highest BCUT2D eigenvalue weighted by Crippen LogP contribution is 2.28. The van der Waals surface area contributed by atoms with Crippen molar-refractivity contribution < 1.29 is 4.39 Å². The molecule has 0 saturated carbocycles. The van der Waals surface area contributed by atoms with Gasteiger partial charge in [-0.2, -0.15) is 0 Å². The highest BCUT2D eigenvalue weighted by atomic mass is 79.9. The molecule has 0 saturated heterocycles. The fourth-order valence-electron chi connectivity index (χ4n) is 1.83. The molecule has 0 atom stereocenters. The van der Waals surface area contributed by atoms with Gasteiger partial charge in [-0.05, 0) is 36.4 Å². The summed E-state index contributed by atoms with van der Waals surface area (Å²) in [5.74, 6) is -0.153. The standard InChI is InChI=1S/C14H6BrCl2FN2/c15-8-2-4-12-9(6-8)13(17)20-14(19-12)7-1-3-10(16)11(18)5-7/h1-6H. The van der Waals surface area contributed by atoms with Crippen molar-refractivity contribution in [3.63, 3.8) is 0 Å². The van der Waals surface area contributed by atoms with Crippen LogP contribution in [0.1, 0.15) is 0 Å². The molecule has 3 rings (SSSR count). The Morgan fingerprint density at radius 1 is 1.00 bits per heavy atom. The van der Waals surface area contributed by atoms with Crippen LogP contribution in [0, 0.1) is 5.82 Å². The average molecular weight is 372 g/mol. The van der Waals surface area contributed by atoms with Crippen LogP contribution >= 0.6 is 39.1 Å². The van der Waals surface area contributed by atoms with E-state index < -0.39 is 5.82 Å². The Kier molecular flexibility index (Phi) is 3.63. The molecule has 1 aromatic heterocycles. The molecule has 0 amide bonds. The summed E-state index contributed by atoms with van der Waals surface area (Å²) in [6, 6.07) is 9.93. The summed E-state index contributed by atoms with van der Waals surface area (Å²) in [5, 5.41) is 1.12. The van der Waals surface area contributed by atoms with Gasteiger partial charge in [-0.1, -0.05) is 39.1 Å². The molecule has 20 heavy (non-hydrogen) atoms. The Balaban J connectivity index is 2.21. The van der Waals surface area contributed by atoms with Gasteiger partial charge in [0, 0.05) is 15.4 Å². The Hall–Kier alpha value is -1.23. The van der Waals surface area contributed by atoms with E-state index >= 15 is 0 Å². The summed E-state index contributed by atoms with van der Waals surface area (Å²) in [6.45, 7) is 0. The van der Waals surface area contributed by atoms with Crippen molar-refractivity contribution in [2.45, 2.75) is 0 Å². The van der Waals surface area contributed by atoms with Crippen molar-refractivity contribution >= 4 is 50.0 Å². The first kappa shape index (κ1) is 13.7. The number of hydrogen-bond donors (Lipinski definition) is 0. The third-order valence-electron chi connectivity index (χ3n) is 2.79. The van der Waals surface area contributed by atoms with Crippen LogP contribution in [-0.4, -0.2) is 9.97 Å². The Bertz CT molecular complexity index is 824. The van der Waals surface area contributed by atoms with Crippen molar-refractivity contribution in [3.8, 4) is 11.4 Å². The Labute approximate surface area is 132 Å². The lowest BCUT2D eigenvalue weighted by Crippen LogP contribution is -1.92. The number of fused-ring (bicyclic) bond motifs is 1. The lowest BCUT2D eigenvalue weighted by Gasteiger charge is -2.05. The second kappa shape index (κ2) is 5.28. The van der Waals surface area contributed by atoms with E-state index in [4.69, 9.17) is 23.2 Å². The molecule has 0 aliphatic carbocycles. The van der Waals surface area contributed by atoms with Gasteiger partial charge < -0.3 is 0 Å². The van der Waals surface area contributed by atoms with Gasteiger partial charge in [-0.3, -0.25) is 0 Å². The first-order valence-electron chi connectivity index (χ1n) is 5.63. The summed E-state index contributed by atoms with van der Waals surface area (Å²) in [5.41, 5.74) is 1.22. The van der Waals surface area contributed by atoms with E-state index in [0.29, 0.717) is 22.1 Å². The van der Waals surface area contributed by atoms with E-state index in [1.807, 2.05) is 18.2 Å². The lowest BCUT2D eigenvalue weighted by molar-refractivity contribution is 0.628. The van der Waals surface area contributed by atoms with Crippen LogP contribution in [0.4, 0.5) is 4.39 Å². The van der Waals surface area contributed by atoms with E-state index in [9.17, 15) is 4.39 Å². The van der Waals surface area contributed by atoms with Crippen molar-refractivity contribution in [2.75, 3.05) is 0 Å². The predicted octanol–water partition coefficient (Wildman–Crippen LogP) is 5.51. The van der Waals surface area contributed by atoms with Crippen LogP contribution < -0.4 is 0 Å². The molecule has 0 aliphatic rings. The van der Waals surface area contributed by atoms with E-state index in [-0.39, 0.29) is 5.02 Å². The maximum Gasteiger partial charge on any atom is 0.161 e. The number of rotatable bonds is 1. The maximum absolute atomic E-state index is 13.5. The molecule has 1 heterocycles. The third-order valence-corrected chi connectivity index (χ3v) is 3.88. The summed E-state index contributed by atoms with van der Waals surface area (Å²) < 4.78 is 14.4. The second-order valence-corrected chi connectivity index (χ2v) is 5.81. The highest BCUT2D eigenvalue weighted by molar-refractivity contribution is 9.10. The summed E-state index contributed by atoms with van der Waals surface area (Å²) in [4.78, 5) is 8.60. The van der Waals surface area contributed by atoms with Crippen molar-refractivity contribution in [3.05, 3.63) is 56.9 Å². The number of halogens is 4. The summed E-state index contributed by atoms with van der Waals surface area (Å²) in [7, 11) is 0. The molecule has 100 valence electrons. The van der Waals surface area contributed by atoms with Crippen molar-refractivity contribution in [1.29, 1.82) is 0 Å². The molecule has 0 radical (unpaired) electrons. The average Bonchev–Trinajstić information content (AvgIpc) is 2.42. The van der Waals surface area contributed by atoms with Gasteiger partial charge in [-0.25, -0.2) is 14.4 Å². The fraction of sp³-hybridized carbons (Fsp3) is 0. The maximum atomic E-state index is 13.5. The van der Waals surface area contributed by atoms with Crippen LogP contribution in [-0.2, 0) is 0 Å². The van der Waals surface area contributed by atoms with Crippen LogP contribution in [0.3, 0.4) is 0 Å². The van der Waals surface area contributed by atoms with E-state index in [0.717, 1.165) is 9.86 Å². The summed E-state index contributed by atoms with van der Waals surface area (Å²) >= 11 is 15.2. The zero-order chi connectivity index (χ0) is 14.3. The van der Waals surface area contributed by atoms with Crippen LogP contribution in [0.2, 0.25) is 10.2 Å². The van der Waals surface area contributed by atoms with Gasteiger partial charge >= 0.3 is 0 Å². The minimum absolute atomic E-state index is 0.0598. The van der Waals surface area contributed by atoms with Gasteiger partial charge in [0.1, 0.15) is 11.0 Å². The van der Waals surface area contributed by atoms with E-state index in [1.54, 1.807) is 6.07 Å². The quantitative estimate of drug-likeness (QED) is 0.527. The molecule has 0 bridgehead atoms. The SMILES string of the molecule is Fc1cc(-c2nc(Cl)c3cc(Br)ccc3n2)ccc1Cl. The molecule has 0 fully saturated rings. The molecule has 2 aromatic carbocycles. The number of hydrogen-bond acceptors (Lipinski definition) is 2. The Morgan fingerprint density at radius 3 is 2.55 bits per heavy atom. The van der Waals surface area contributed by atoms with Gasteiger partial charge in [0.2, 0.25) is 0 Å². The fourth-order valence-corrected chi connectivity index (χ4v) is 2.54. The normalized spacial score (nSPS) is 11.0. The van der Waals surface area contributed by atoms with Crippen LogP contribution in [0.15, 0.2) is 40.9 Å². The summed E-state index contributed by atoms with van der Waals surface area (Å²) in [6.07, 6.45) is 0. The molecular formula is C14H6BrCl2FN2. The smallest absolute Gasteiger partial charge is 0.161 e. The van der Waals surface area contributed by atoms with Gasteiger partial charge in [0.15, 0.2) is 5.82 Å². The van der Waals surface area contributed by atoms with E-state index in [1.165, 1.54) is 12.1 Å². The number of benzene rings is 2. The monoisotopic (exact) mass is 370 g/mol. The number of nitrogens with zero attached hydrogens (tertiary/aromatic N) is 2. The van der Waals surface area contributed by atoms with Gasteiger partial charge in [-0.15, -0.1) is 0 Å². The topological polar surface area (TPSA) is 25.8 Å². The predicted molar refractivity (Wildman–Crippen MR) is 82.7 cm³/mol. The molecule has 2 nitrogen and oxygen atoms in total.